The van der Waals surface area contributed by atoms with Gasteiger partial charge >= 0.3 is 0 Å². The van der Waals surface area contributed by atoms with E-state index in [4.69, 9.17) is 5.26 Å². The number of nitrogens with zero attached hydrogens (tertiary/aromatic N) is 2. The zero-order chi connectivity index (χ0) is 12.7. The summed E-state index contributed by atoms with van der Waals surface area (Å²) >= 11 is 0. The van der Waals surface area contributed by atoms with E-state index >= 15 is 0 Å². The number of hydrogen-bond donors (Lipinski definition) is 2. The second-order valence-corrected chi connectivity index (χ2v) is 3.94. The van der Waals surface area contributed by atoms with Crippen molar-refractivity contribution < 1.29 is 4.79 Å². The normalized spacial score (nSPS) is 9.76. The van der Waals surface area contributed by atoms with Gasteiger partial charge in [0.05, 0.1) is 11.6 Å². The number of nitriles is 1. The smallest absolute Gasteiger partial charge is 0.221 e. The molecule has 0 aliphatic rings. The van der Waals surface area contributed by atoms with Crippen molar-refractivity contribution in [3.8, 4) is 6.07 Å². The van der Waals surface area contributed by atoms with Crippen LogP contribution in [0.2, 0.25) is 0 Å². The molecule has 0 bridgehead atoms. The van der Waals surface area contributed by atoms with Crippen LogP contribution >= 0.6 is 0 Å². The molecule has 1 heterocycles. The number of hydrogen-bond acceptors (Lipinski definition) is 4. The summed E-state index contributed by atoms with van der Waals surface area (Å²) < 4.78 is 0. The molecule has 1 rings (SSSR count). The molecule has 0 saturated carbocycles. The van der Waals surface area contributed by atoms with E-state index in [2.05, 4.69) is 15.6 Å². The van der Waals surface area contributed by atoms with E-state index in [-0.39, 0.29) is 11.9 Å². The topological polar surface area (TPSA) is 77.8 Å². The molecule has 0 aromatic carbocycles. The van der Waals surface area contributed by atoms with Gasteiger partial charge in [0.15, 0.2) is 0 Å². The number of carbonyl (C=O) groups is 1. The first-order chi connectivity index (χ1) is 8.11. The van der Waals surface area contributed by atoms with Crippen LogP contribution in [-0.4, -0.2) is 23.5 Å². The first-order valence-corrected chi connectivity index (χ1v) is 5.51. The molecule has 1 amide bonds. The molecule has 0 saturated heterocycles. The van der Waals surface area contributed by atoms with E-state index in [1.165, 1.54) is 0 Å². The Balaban J connectivity index is 2.36. The minimum atomic E-state index is 0.00365. The first kappa shape index (κ1) is 13.0. The molecule has 17 heavy (non-hydrogen) atoms. The molecule has 90 valence electrons. The number of nitrogens with one attached hydrogen (secondary N) is 2. The van der Waals surface area contributed by atoms with Crippen LogP contribution in [0.25, 0.3) is 0 Å². The van der Waals surface area contributed by atoms with Gasteiger partial charge in [-0.3, -0.25) is 4.79 Å². The largest absolute Gasteiger partial charge is 0.370 e. The van der Waals surface area contributed by atoms with Crippen LogP contribution < -0.4 is 10.6 Å². The third-order valence-electron chi connectivity index (χ3n) is 2.00. The Bertz CT molecular complexity index is 423. The molecule has 1 aromatic heterocycles. The fourth-order valence-corrected chi connectivity index (χ4v) is 1.30. The van der Waals surface area contributed by atoms with Gasteiger partial charge < -0.3 is 10.6 Å². The zero-order valence-corrected chi connectivity index (χ0v) is 10.0. The predicted molar refractivity (Wildman–Crippen MR) is 65.3 cm³/mol. The van der Waals surface area contributed by atoms with Gasteiger partial charge in [0.2, 0.25) is 5.91 Å². The average Bonchev–Trinajstić information content (AvgIpc) is 2.28. The highest BCUT2D eigenvalue weighted by atomic mass is 16.1. The maximum atomic E-state index is 11.3. The van der Waals surface area contributed by atoms with Gasteiger partial charge in [-0.25, -0.2) is 4.98 Å². The number of rotatable bonds is 5. The van der Waals surface area contributed by atoms with E-state index < -0.39 is 0 Å². The number of anilines is 1. The Kier molecular flexibility index (Phi) is 4.95. The molecule has 0 spiro atoms. The van der Waals surface area contributed by atoms with Crippen LogP contribution in [0.3, 0.4) is 0 Å². The summed E-state index contributed by atoms with van der Waals surface area (Å²) in [7, 11) is 0. The second kappa shape index (κ2) is 6.48. The van der Waals surface area contributed by atoms with E-state index in [1.54, 1.807) is 18.3 Å². The summed E-state index contributed by atoms with van der Waals surface area (Å²) in [6.07, 6.45) is 1.95. The maximum absolute atomic E-state index is 11.3. The van der Waals surface area contributed by atoms with E-state index in [9.17, 15) is 4.79 Å². The number of carbonyl (C=O) groups excluding carboxylic acids is 1. The lowest BCUT2D eigenvalue weighted by atomic mass is 10.3. The van der Waals surface area contributed by atoms with Crippen molar-refractivity contribution >= 4 is 11.7 Å². The van der Waals surface area contributed by atoms with Crippen molar-refractivity contribution in [3.05, 3.63) is 23.9 Å². The third kappa shape index (κ3) is 4.98. The van der Waals surface area contributed by atoms with Gasteiger partial charge in [0.25, 0.3) is 0 Å². The number of aromatic nitrogens is 1. The van der Waals surface area contributed by atoms with Crippen LogP contribution in [0.5, 0.6) is 0 Å². The van der Waals surface area contributed by atoms with E-state index in [1.807, 2.05) is 19.9 Å². The minimum Gasteiger partial charge on any atom is -0.370 e. The Hall–Kier alpha value is -2.09. The Labute approximate surface area is 101 Å². The summed E-state index contributed by atoms with van der Waals surface area (Å²) in [5.41, 5.74) is 0.550. The van der Waals surface area contributed by atoms with Gasteiger partial charge in [0, 0.05) is 25.2 Å². The highest BCUT2D eigenvalue weighted by molar-refractivity contribution is 5.76. The highest BCUT2D eigenvalue weighted by Crippen LogP contribution is 2.05. The Morgan fingerprint density at radius 1 is 1.59 bits per heavy atom. The second-order valence-electron chi connectivity index (χ2n) is 3.94. The highest BCUT2D eigenvalue weighted by Gasteiger charge is 2.03. The summed E-state index contributed by atoms with van der Waals surface area (Å²) in [4.78, 5) is 15.4. The zero-order valence-electron chi connectivity index (χ0n) is 10.0. The molecule has 5 nitrogen and oxygen atoms in total. The van der Waals surface area contributed by atoms with Crippen molar-refractivity contribution in [2.45, 2.75) is 26.3 Å². The fraction of sp³-hybridized carbons (Fsp3) is 0.417. The van der Waals surface area contributed by atoms with Gasteiger partial charge in [-0.15, -0.1) is 0 Å². The summed E-state index contributed by atoms with van der Waals surface area (Å²) in [6, 6.07) is 5.48. The van der Waals surface area contributed by atoms with Gasteiger partial charge in [-0.1, -0.05) is 0 Å². The Morgan fingerprint density at radius 2 is 2.35 bits per heavy atom. The van der Waals surface area contributed by atoms with Crippen LogP contribution in [0, 0.1) is 11.3 Å². The van der Waals surface area contributed by atoms with Crippen LogP contribution in [0.4, 0.5) is 5.82 Å². The average molecular weight is 232 g/mol. The Morgan fingerprint density at radius 3 is 3.00 bits per heavy atom. The number of amides is 1. The quantitative estimate of drug-likeness (QED) is 0.801. The van der Waals surface area contributed by atoms with Crippen molar-refractivity contribution in [1.29, 1.82) is 5.26 Å². The maximum Gasteiger partial charge on any atom is 0.221 e. The van der Waals surface area contributed by atoms with E-state index in [0.717, 1.165) is 0 Å². The van der Waals surface area contributed by atoms with Crippen LogP contribution in [-0.2, 0) is 4.79 Å². The fourth-order valence-electron chi connectivity index (χ4n) is 1.30. The first-order valence-electron chi connectivity index (χ1n) is 5.51. The summed E-state index contributed by atoms with van der Waals surface area (Å²) in [5.74, 6) is 0.616. The van der Waals surface area contributed by atoms with E-state index in [0.29, 0.717) is 24.3 Å². The van der Waals surface area contributed by atoms with Gasteiger partial charge in [0.1, 0.15) is 5.82 Å². The van der Waals surface area contributed by atoms with Crippen molar-refractivity contribution in [2.75, 3.05) is 11.9 Å². The van der Waals surface area contributed by atoms with Crippen molar-refractivity contribution in [2.24, 2.45) is 0 Å². The van der Waals surface area contributed by atoms with Crippen molar-refractivity contribution in [3.63, 3.8) is 0 Å². The molecule has 0 atom stereocenters. The molecule has 0 fully saturated rings. The molecule has 0 aliphatic carbocycles. The lowest BCUT2D eigenvalue weighted by Crippen LogP contribution is -2.31. The SMILES string of the molecule is CC(C)NC(=O)CCNc1cc(C#N)ccn1. The molecule has 0 unspecified atom stereocenters. The predicted octanol–water partition coefficient (Wildman–Crippen LogP) is 1.28. The van der Waals surface area contributed by atoms with Crippen molar-refractivity contribution in [1.82, 2.24) is 10.3 Å². The molecule has 0 radical (unpaired) electrons. The molecule has 0 aliphatic heterocycles. The standard InChI is InChI=1S/C12H16N4O/c1-9(2)16-12(17)4-6-15-11-7-10(8-13)3-5-14-11/h3,5,7,9H,4,6H2,1-2H3,(H,14,15)(H,16,17). The van der Waals surface area contributed by atoms with Gasteiger partial charge in [-0.05, 0) is 26.0 Å². The molecular weight excluding hydrogens is 216 g/mol. The van der Waals surface area contributed by atoms with Crippen LogP contribution in [0.15, 0.2) is 18.3 Å². The monoisotopic (exact) mass is 232 g/mol. The minimum absolute atomic E-state index is 0.00365. The summed E-state index contributed by atoms with van der Waals surface area (Å²) in [5, 5.41) is 14.5. The summed E-state index contributed by atoms with van der Waals surface area (Å²) in [6.45, 7) is 4.34. The third-order valence-corrected chi connectivity index (χ3v) is 2.00. The lowest BCUT2D eigenvalue weighted by molar-refractivity contribution is -0.121. The van der Waals surface area contributed by atoms with Gasteiger partial charge in [-0.2, -0.15) is 5.26 Å². The molecular formula is C12H16N4O. The number of pyridine rings is 1. The lowest BCUT2D eigenvalue weighted by Gasteiger charge is -2.09. The molecule has 5 heteroatoms. The molecule has 2 N–H and O–H groups in total. The molecule has 1 aromatic rings. The van der Waals surface area contributed by atoms with Crippen LogP contribution in [0.1, 0.15) is 25.8 Å².